The first-order chi connectivity index (χ1) is 6.56. The lowest BCUT2D eigenvalue weighted by Gasteiger charge is -2.08. The van der Waals surface area contributed by atoms with Gasteiger partial charge < -0.3 is 4.74 Å². The molecule has 1 atom stereocenters. The van der Waals surface area contributed by atoms with E-state index in [0.29, 0.717) is 4.47 Å². The van der Waals surface area contributed by atoms with Crippen LogP contribution in [0, 0.1) is 5.82 Å². The van der Waals surface area contributed by atoms with E-state index in [1.165, 1.54) is 25.3 Å². The number of esters is 1. The van der Waals surface area contributed by atoms with Crippen molar-refractivity contribution in [2.45, 2.75) is 5.38 Å². The molecule has 0 aliphatic heterocycles. The van der Waals surface area contributed by atoms with Gasteiger partial charge in [-0.25, -0.2) is 4.39 Å². The average Bonchev–Trinajstić information content (AvgIpc) is 2.19. The van der Waals surface area contributed by atoms with Gasteiger partial charge in [0.1, 0.15) is 5.82 Å². The van der Waals surface area contributed by atoms with Gasteiger partial charge in [-0.1, -0.05) is 15.9 Å². The molecule has 0 unspecified atom stereocenters. The molecule has 1 aromatic rings. The molecule has 2 nitrogen and oxygen atoms in total. The molecule has 0 spiro atoms. The zero-order chi connectivity index (χ0) is 10.7. The first kappa shape index (κ1) is 11.5. The number of halogens is 3. The zero-order valence-electron chi connectivity index (χ0n) is 7.26. The van der Waals surface area contributed by atoms with Gasteiger partial charge in [-0.3, -0.25) is 4.79 Å². The van der Waals surface area contributed by atoms with E-state index in [0.717, 1.165) is 0 Å². The summed E-state index contributed by atoms with van der Waals surface area (Å²) in [6.07, 6.45) is 0. The molecule has 0 aliphatic rings. The second-order valence-corrected chi connectivity index (χ2v) is 3.90. The van der Waals surface area contributed by atoms with Crippen molar-refractivity contribution >= 4 is 33.5 Å². The molecule has 0 saturated carbocycles. The molecule has 0 N–H and O–H groups in total. The van der Waals surface area contributed by atoms with Crippen molar-refractivity contribution < 1.29 is 13.9 Å². The Morgan fingerprint density at radius 3 is 2.86 bits per heavy atom. The molecule has 0 aliphatic carbocycles. The van der Waals surface area contributed by atoms with Crippen molar-refractivity contribution in [3.63, 3.8) is 0 Å². The van der Waals surface area contributed by atoms with Crippen LogP contribution in [0.4, 0.5) is 4.39 Å². The predicted molar refractivity (Wildman–Crippen MR) is 54.7 cm³/mol. The highest BCUT2D eigenvalue weighted by Crippen LogP contribution is 2.27. The Bertz CT molecular complexity index is 357. The first-order valence-corrected chi connectivity index (χ1v) is 4.96. The van der Waals surface area contributed by atoms with Crippen LogP contribution in [0.5, 0.6) is 0 Å². The summed E-state index contributed by atoms with van der Waals surface area (Å²) in [6.45, 7) is 0. The van der Waals surface area contributed by atoms with E-state index in [4.69, 9.17) is 11.6 Å². The van der Waals surface area contributed by atoms with Crippen molar-refractivity contribution in [1.82, 2.24) is 0 Å². The number of carbonyl (C=O) groups is 1. The Morgan fingerprint density at radius 2 is 2.29 bits per heavy atom. The molecule has 0 amide bonds. The highest BCUT2D eigenvalue weighted by molar-refractivity contribution is 9.10. The summed E-state index contributed by atoms with van der Waals surface area (Å²) in [5.41, 5.74) is 0.105. The fourth-order valence-corrected chi connectivity index (χ4v) is 1.57. The fourth-order valence-electron chi connectivity index (χ4n) is 0.939. The fraction of sp³-hybridized carbons (Fsp3) is 0.222. The number of hydrogen-bond donors (Lipinski definition) is 0. The first-order valence-electron chi connectivity index (χ1n) is 3.73. The number of ether oxygens (including phenoxy) is 1. The van der Waals surface area contributed by atoms with E-state index in [1.807, 2.05) is 0 Å². The molecule has 0 fully saturated rings. The van der Waals surface area contributed by atoms with E-state index in [9.17, 15) is 9.18 Å². The monoisotopic (exact) mass is 280 g/mol. The molecule has 1 rings (SSSR count). The van der Waals surface area contributed by atoms with Crippen LogP contribution in [0.3, 0.4) is 0 Å². The average molecular weight is 282 g/mol. The van der Waals surface area contributed by atoms with Gasteiger partial charge in [0.15, 0.2) is 5.38 Å². The van der Waals surface area contributed by atoms with Crippen LogP contribution in [0.25, 0.3) is 0 Å². The molecule has 0 heterocycles. The maximum Gasteiger partial charge on any atom is 0.328 e. The van der Waals surface area contributed by atoms with Crippen LogP contribution in [-0.2, 0) is 9.53 Å². The lowest BCUT2D eigenvalue weighted by molar-refractivity contribution is -0.140. The minimum Gasteiger partial charge on any atom is -0.468 e. The third-order valence-electron chi connectivity index (χ3n) is 1.64. The Kier molecular flexibility index (Phi) is 3.89. The summed E-state index contributed by atoms with van der Waals surface area (Å²) < 4.78 is 18.3. The van der Waals surface area contributed by atoms with Crippen molar-refractivity contribution in [3.05, 3.63) is 34.1 Å². The summed E-state index contributed by atoms with van der Waals surface area (Å²) in [5.74, 6) is -1.21. The topological polar surface area (TPSA) is 26.3 Å². The van der Waals surface area contributed by atoms with Gasteiger partial charge in [0.25, 0.3) is 0 Å². The molecule has 5 heteroatoms. The van der Waals surface area contributed by atoms with Crippen molar-refractivity contribution in [3.8, 4) is 0 Å². The van der Waals surface area contributed by atoms with Crippen LogP contribution in [0.1, 0.15) is 10.9 Å². The molecule has 0 radical (unpaired) electrons. The summed E-state index contributed by atoms with van der Waals surface area (Å²) >= 11 is 8.86. The zero-order valence-corrected chi connectivity index (χ0v) is 9.60. The van der Waals surface area contributed by atoms with Crippen molar-refractivity contribution in [2.24, 2.45) is 0 Å². The molecule has 14 heavy (non-hydrogen) atoms. The van der Waals surface area contributed by atoms with E-state index in [1.54, 1.807) is 0 Å². The summed E-state index contributed by atoms with van der Waals surface area (Å²) in [4.78, 5) is 11.0. The minimum atomic E-state index is -1.11. The minimum absolute atomic E-state index is 0.105. The molecule has 0 aromatic heterocycles. The number of rotatable bonds is 2. The van der Waals surface area contributed by atoms with Crippen molar-refractivity contribution in [2.75, 3.05) is 7.11 Å². The number of methoxy groups -OCH3 is 1. The van der Waals surface area contributed by atoms with Gasteiger partial charge in [-0.2, -0.15) is 0 Å². The van der Waals surface area contributed by atoms with Crippen LogP contribution >= 0.6 is 27.5 Å². The van der Waals surface area contributed by atoms with Gasteiger partial charge in [-0.05, 0) is 18.2 Å². The predicted octanol–water partition coefficient (Wildman–Crippen LogP) is 3.04. The lowest BCUT2D eigenvalue weighted by Crippen LogP contribution is -2.10. The molecule has 0 bridgehead atoms. The second-order valence-electron chi connectivity index (χ2n) is 2.55. The maximum atomic E-state index is 13.2. The molecule has 1 aromatic carbocycles. The smallest absolute Gasteiger partial charge is 0.328 e. The lowest BCUT2D eigenvalue weighted by atomic mass is 10.1. The number of alkyl halides is 1. The van der Waals surface area contributed by atoms with Crippen LogP contribution in [0.2, 0.25) is 0 Å². The molecule has 0 saturated heterocycles. The standard InChI is InChI=1S/C9H7BrClFO2/c1-14-9(13)8(11)6-4-5(10)2-3-7(6)12/h2-4,8H,1H3/t8-/m1/s1. The van der Waals surface area contributed by atoms with Gasteiger partial charge >= 0.3 is 5.97 Å². The second kappa shape index (κ2) is 4.75. The van der Waals surface area contributed by atoms with Crippen molar-refractivity contribution in [1.29, 1.82) is 0 Å². The van der Waals surface area contributed by atoms with Crippen LogP contribution < -0.4 is 0 Å². The Labute approximate surface area is 94.1 Å². The quantitative estimate of drug-likeness (QED) is 0.615. The highest BCUT2D eigenvalue weighted by atomic mass is 79.9. The largest absolute Gasteiger partial charge is 0.468 e. The van der Waals surface area contributed by atoms with E-state index in [2.05, 4.69) is 20.7 Å². The summed E-state index contributed by atoms with van der Waals surface area (Å²) in [6, 6.07) is 4.21. The Balaban J connectivity index is 3.05. The van der Waals surface area contributed by atoms with Gasteiger partial charge in [0.05, 0.1) is 7.11 Å². The normalized spacial score (nSPS) is 12.3. The van der Waals surface area contributed by atoms with Gasteiger partial charge in [-0.15, -0.1) is 11.6 Å². The van der Waals surface area contributed by atoms with Crippen LogP contribution in [0.15, 0.2) is 22.7 Å². The Morgan fingerprint density at radius 1 is 1.64 bits per heavy atom. The van der Waals surface area contributed by atoms with Gasteiger partial charge in [0.2, 0.25) is 0 Å². The van der Waals surface area contributed by atoms with Gasteiger partial charge in [0, 0.05) is 10.0 Å². The highest BCUT2D eigenvalue weighted by Gasteiger charge is 2.21. The number of hydrogen-bond acceptors (Lipinski definition) is 2. The van der Waals surface area contributed by atoms with Crippen LogP contribution in [-0.4, -0.2) is 13.1 Å². The van der Waals surface area contributed by atoms with E-state index >= 15 is 0 Å². The summed E-state index contributed by atoms with van der Waals surface area (Å²) in [5, 5.41) is -1.11. The van der Waals surface area contributed by atoms with E-state index in [-0.39, 0.29) is 5.56 Å². The third kappa shape index (κ3) is 2.45. The maximum absolute atomic E-state index is 13.2. The Hall–Kier alpha value is -0.610. The number of benzene rings is 1. The molecular weight excluding hydrogens is 274 g/mol. The van der Waals surface area contributed by atoms with E-state index < -0.39 is 17.2 Å². The SMILES string of the molecule is COC(=O)[C@H](Cl)c1cc(Br)ccc1F. The summed E-state index contributed by atoms with van der Waals surface area (Å²) in [7, 11) is 1.20. The molecular formula is C9H7BrClFO2. The molecule has 76 valence electrons. The number of carbonyl (C=O) groups excluding carboxylic acids is 1. The third-order valence-corrected chi connectivity index (χ3v) is 2.55.